The molecule has 0 aromatic heterocycles. The number of nitrogens with one attached hydrogen (secondary N) is 1. The van der Waals surface area contributed by atoms with Gasteiger partial charge in [-0.2, -0.15) is 13.2 Å². The normalized spacial score (nSPS) is 12.9. The maximum absolute atomic E-state index is 12.2. The first-order chi connectivity index (χ1) is 8.65. The molecule has 0 fully saturated rings. The molecule has 1 atom stereocenters. The van der Waals surface area contributed by atoms with E-state index in [1.807, 2.05) is 0 Å². The predicted molar refractivity (Wildman–Crippen MR) is 59.5 cm³/mol. The van der Waals surface area contributed by atoms with Crippen molar-refractivity contribution in [1.29, 1.82) is 0 Å². The van der Waals surface area contributed by atoms with E-state index in [0.29, 0.717) is 4.90 Å². The number of carbonyl (C=O) groups excluding carboxylic acids is 1. The van der Waals surface area contributed by atoms with Gasteiger partial charge in [-0.1, -0.05) is 6.92 Å². The number of alkyl halides is 3. The SMILES string of the molecule is CC(CNC(=O)N(CCO)CC(F)(F)F)CC(=O)O. The van der Waals surface area contributed by atoms with Crippen LogP contribution in [0.5, 0.6) is 0 Å². The zero-order valence-corrected chi connectivity index (χ0v) is 10.4. The fourth-order valence-electron chi connectivity index (χ4n) is 1.33. The molecule has 3 N–H and O–H groups in total. The second-order valence-corrected chi connectivity index (χ2v) is 4.15. The molecule has 0 aliphatic carbocycles. The molecule has 0 aromatic rings. The Morgan fingerprint density at radius 2 is 1.95 bits per heavy atom. The summed E-state index contributed by atoms with van der Waals surface area (Å²) in [5.74, 6) is -1.45. The highest BCUT2D eigenvalue weighted by molar-refractivity contribution is 5.74. The van der Waals surface area contributed by atoms with Crippen LogP contribution < -0.4 is 5.32 Å². The van der Waals surface area contributed by atoms with E-state index < -0.39 is 43.8 Å². The number of carbonyl (C=O) groups is 2. The van der Waals surface area contributed by atoms with Crippen LogP contribution in [0.1, 0.15) is 13.3 Å². The van der Waals surface area contributed by atoms with Gasteiger partial charge in [-0.05, 0) is 5.92 Å². The number of aliphatic hydroxyl groups excluding tert-OH is 1. The van der Waals surface area contributed by atoms with Gasteiger partial charge in [-0.3, -0.25) is 4.79 Å². The fraction of sp³-hybridized carbons (Fsp3) is 0.800. The summed E-state index contributed by atoms with van der Waals surface area (Å²) in [6.45, 7) is -1.00. The highest BCUT2D eigenvalue weighted by Gasteiger charge is 2.32. The monoisotopic (exact) mass is 286 g/mol. The quantitative estimate of drug-likeness (QED) is 0.641. The van der Waals surface area contributed by atoms with E-state index in [1.165, 1.54) is 0 Å². The van der Waals surface area contributed by atoms with Crippen molar-refractivity contribution < 1.29 is 33.0 Å². The second-order valence-electron chi connectivity index (χ2n) is 4.15. The smallest absolute Gasteiger partial charge is 0.406 e. The molecule has 0 saturated heterocycles. The molecule has 0 bridgehead atoms. The Labute approximate surface area is 108 Å². The Kier molecular flexibility index (Phi) is 7.20. The number of halogens is 3. The number of amides is 2. The van der Waals surface area contributed by atoms with E-state index in [-0.39, 0.29) is 13.0 Å². The van der Waals surface area contributed by atoms with E-state index in [2.05, 4.69) is 5.32 Å². The van der Waals surface area contributed by atoms with Crippen LogP contribution >= 0.6 is 0 Å². The van der Waals surface area contributed by atoms with Crippen LogP contribution in [0.15, 0.2) is 0 Å². The van der Waals surface area contributed by atoms with Crippen LogP contribution in [0.3, 0.4) is 0 Å². The molecule has 19 heavy (non-hydrogen) atoms. The van der Waals surface area contributed by atoms with E-state index in [1.54, 1.807) is 6.92 Å². The Hall–Kier alpha value is -1.51. The molecule has 0 aromatic carbocycles. The van der Waals surface area contributed by atoms with Gasteiger partial charge in [-0.25, -0.2) is 4.79 Å². The Morgan fingerprint density at radius 1 is 1.37 bits per heavy atom. The number of rotatable bonds is 7. The summed E-state index contributed by atoms with van der Waals surface area (Å²) in [7, 11) is 0. The lowest BCUT2D eigenvalue weighted by atomic mass is 10.1. The summed E-state index contributed by atoms with van der Waals surface area (Å²) in [5.41, 5.74) is 0. The lowest BCUT2D eigenvalue weighted by Crippen LogP contribution is -2.47. The minimum atomic E-state index is -4.56. The number of urea groups is 1. The lowest BCUT2D eigenvalue weighted by molar-refractivity contribution is -0.140. The van der Waals surface area contributed by atoms with Gasteiger partial charge in [0.15, 0.2) is 0 Å². The average Bonchev–Trinajstić information content (AvgIpc) is 2.22. The fourth-order valence-corrected chi connectivity index (χ4v) is 1.33. The van der Waals surface area contributed by atoms with Gasteiger partial charge in [-0.15, -0.1) is 0 Å². The van der Waals surface area contributed by atoms with Crippen molar-refractivity contribution in [2.75, 3.05) is 26.2 Å². The number of aliphatic hydroxyl groups is 1. The van der Waals surface area contributed by atoms with E-state index >= 15 is 0 Å². The molecule has 1 unspecified atom stereocenters. The Balaban J connectivity index is 4.29. The van der Waals surface area contributed by atoms with E-state index in [9.17, 15) is 22.8 Å². The standard InChI is InChI=1S/C10H17F3N2O4/c1-7(4-8(17)18)5-14-9(19)15(2-3-16)6-10(11,12)13/h7,16H,2-6H2,1H3,(H,14,19)(H,17,18). The van der Waals surface area contributed by atoms with Crippen LogP contribution in [0, 0.1) is 5.92 Å². The lowest BCUT2D eigenvalue weighted by Gasteiger charge is -2.24. The van der Waals surface area contributed by atoms with Gasteiger partial charge in [0.1, 0.15) is 6.54 Å². The van der Waals surface area contributed by atoms with Gasteiger partial charge in [0.25, 0.3) is 0 Å². The minimum Gasteiger partial charge on any atom is -0.481 e. The minimum absolute atomic E-state index is 0.0507. The molecule has 0 radical (unpaired) electrons. The molecule has 112 valence electrons. The third-order valence-electron chi connectivity index (χ3n) is 2.15. The van der Waals surface area contributed by atoms with Crippen LogP contribution in [0.2, 0.25) is 0 Å². The summed E-state index contributed by atoms with van der Waals surface area (Å²) >= 11 is 0. The molecule has 9 heteroatoms. The maximum Gasteiger partial charge on any atom is 0.406 e. The van der Waals surface area contributed by atoms with Crippen molar-refractivity contribution in [3.8, 4) is 0 Å². The summed E-state index contributed by atoms with van der Waals surface area (Å²) in [6, 6.07) is -0.983. The molecule has 0 aliphatic heterocycles. The van der Waals surface area contributed by atoms with E-state index in [0.717, 1.165) is 0 Å². The van der Waals surface area contributed by atoms with Gasteiger partial charge >= 0.3 is 18.2 Å². The molecular weight excluding hydrogens is 269 g/mol. The van der Waals surface area contributed by atoms with Crippen molar-refractivity contribution in [1.82, 2.24) is 10.2 Å². The third kappa shape index (κ3) is 9.11. The van der Waals surface area contributed by atoms with Crippen LogP contribution in [0.4, 0.5) is 18.0 Å². The van der Waals surface area contributed by atoms with E-state index in [4.69, 9.17) is 10.2 Å². The van der Waals surface area contributed by atoms with Gasteiger partial charge in [0.2, 0.25) is 0 Å². The Bertz CT molecular complexity index is 310. The molecule has 0 heterocycles. The molecule has 0 spiro atoms. The Morgan fingerprint density at radius 3 is 2.37 bits per heavy atom. The topological polar surface area (TPSA) is 89.9 Å². The van der Waals surface area contributed by atoms with Crippen LogP contribution in [0.25, 0.3) is 0 Å². The number of hydrogen-bond donors (Lipinski definition) is 3. The molecule has 0 saturated carbocycles. The van der Waals surface area contributed by atoms with Crippen molar-refractivity contribution in [3.05, 3.63) is 0 Å². The summed E-state index contributed by atoms with van der Waals surface area (Å²) in [6.07, 6.45) is -4.75. The summed E-state index contributed by atoms with van der Waals surface area (Å²) < 4.78 is 36.5. The first-order valence-corrected chi connectivity index (χ1v) is 5.58. The van der Waals surface area contributed by atoms with Crippen LogP contribution in [-0.2, 0) is 4.79 Å². The maximum atomic E-state index is 12.2. The summed E-state index contributed by atoms with van der Waals surface area (Å²) in [5, 5.41) is 19.3. The third-order valence-corrected chi connectivity index (χ3v) is 2.15. The van der Waals surface area contributed by atoms with Crippen molar-refractivity contribution in [2.45, 2.75) is 19.5 Å². The zero-order valence-electron chi connectivity index (χ0n) is 10.4. The number of carboxylic acid groups (broad SMARTS) is 1. The van der Waals surface area contributed by atoms with Crippen molar-refractivity contribution >= 4 is 12.0 Å². The number of carboxylic acids is 1. The highest BCUT2D eigenvalue weighted by atomic mass is 19.4. The average molecular weight is 286 g/mol. The van der Waals surface area contributed by atoms with Crippen molar-refractivity contribution in [3.63, 3.8) is 0 Å². The molecule has 6 nitrogen and oxygen atoms in total. The molecule has 2 amide bonds. The number of hydrogen-bond acceptors (Lipinski definition) is 3. The zero-order chi connectivity index (χ0) is 15.1. The van der Waals surface area contributed by atoms with Crippen molar-refractivity contribution in [2.24, 2.45) is 5.92 Å². The molecular formula is C10H17F3N2O4. The van der Waals surface area contributed by atoms with Crippen LogP contribution in [-0.4, -0.2) is 59.5 Å². The second kappa shape index (κ2) is 7.82. The van der Waals surface area contributed by atoms with Gasteiger partial charge < -0.3 is 20.4 Å². The largest absolute Gasteiger partial charge is 0.481 e. The number of nitrogens with zero attached hydrogens (tertiary/aromatic N) is 1. The van der Waals surface area contributed by atoms with Gasteiger partial charge in [0.05, 0.1) is 6.61 Å². The molecule has 0 rings (SSSR count). The first kappa shape index (κ1) is 17.5. The first-order valence-electron chi connectivity index (χ1n) is 5.58. The number of aliphatic carboxylic acids is 1. The predicted octanol–water partition coefficient (Wildman–Crippen LogP) is 0.663. The highest BCUT2D eigenvalue weighted by Crippen LogP contribution is 2.16. The molecule has 0 aliphatic rings. The summed E-state index contributed by atoms with van der Waals surface area (Å²) in [4.78, 5) is 22.3. The van der Waals surface area contributed by atoms with Gasteiger partial charge in [0, 0.05) is 19.5 Å².